The molecule has 146 valence electrons. The Morgan fingerprint density at radius 2 is 1.18 bits per heavy atom. The van der Waals surface area contributed by atoms with Crippen molar-refractivity contribution in [3.8, 4) is 11.5 Å². The number of fused-ring (bicyclic) bond motifs is 2. The second kappa shape index (κ2) is 10.4. The van der Waals surface area contributed by atoms with Crippen molar-refractivity contribution >= 4 is 21.5 Å². The fourth-order valence-electron chi connectivity index (χ4n) is 3.15. The Bertz CT molecular complexity index is 1020. The molecule has 0 saturated carbocycles. The third-order valence-corrected chi connectivity index (χ3v) is 4.63. The maximum Gasteiger partial charge on any atom is 0.126 e. The van der Waals surface area contributed by atoms with E-state index < -0.39 is 0 Å². The third kappa shape index (κ3) is 4.83. The number of aryl methyl sites for hydroxylation is 2. The van der Waals surface area contributed by atoms with Crippen LogP contribution in [0.2, 0.25) is 0 Å². The van der Waals surface area contributed by atoms with Crippen LogP contribution in [0.1, 0.15) is 25.0 Å². The molecule has 2 heteroatoms. The molecule has 0 fully saturated rings. The van der Waals surface area contributed by atoms with Crippen molar-refractivity contribution in [1.82, 2.24) is 0 Å². The first-order valence-corrected chi connectivity index (χ1v) is 9.69. The van der Waals surface area contributed by atoms with Crippen molar-refractivity contribution in [1.29, 1.82) is 0 Å². The van der Waals surface area contributed by atoms with Crippen LogP contribution in [0.5, 0.6) is 11.5 Å². The first kappa shape index (κ1) is 21.3. The van der Waals surface area contributed by atoms with Gasteiger partial charge in [-0.05, 0) is 59.3 Å². The predicted octanol–water partition coefficient (Wildman–Crippen LogP) is 7.34. The van der Waals surface area contributed by atoms with E-state index in [1.165, 1.54) is 32.7 Å². The van der Waals surface area contributed by atoms with Gasteiger partial charge in [-0.1, -0.05) is 68.4 Å². The summed E-state index contributed by atoms with van der Waals surface area (Å²) in [5.41, 5.74) is 2.58. The van der Waals surface area contributed by atoms with Crippen molar-refractivity contribution in [2.24, 2.45) is 0 Å². The number of hydrogen-bond donors (Lipinski definition) is 0. The molecule has 0 amide bonds. The molecule has 0 atom stereocenters. The van der Waals surface area contributed by atoms with E-state index in [-0.39, 0.29) is 0 Å². The zero-order valence-corrected chi connectivity index (χ0v) is 17.7. The summed E-state index contributed by atoms with van der Waals surface area (Å²) in [7, 11) is 3.40. The van der Waals surface area contributed by atoms with Crippen molar-refractivity contribution in [3.63, 3.8) is 0 Å². The molecule has 28 heavy (non-hydrogen) atoms. The number of ether oxygens (including phenoxy) is 2. The van der Waals surface area contributed by atoms with Crippen molar-refractivity contribution in [2.75, 3.05) is 14.2 Å². The van der Waals surface area contributed by atoms with E-state index in [1.807, 2.05) is 32.0 Å². The summed E-state index contributed by atoms with van der Waals surface area (Å²) in [5, 5.41) is 4.98. The maximum atomic E-state index is 5.28. The molecule has 0 aliphatic heterocycles. The first-order valence-electron chi connectivity index (χ1n) is 9.69. The minimum Gasteiger partial charge on any atom is -0.497 e. The van der Waals surface area contributed by atoms with Crippen molar-refractivity contribution < 1.29 is 9.47 Å². The summed E-state index contributed by atoms with van der Waals surface area (Å²) < 4.78 is 10.5. The van der Waals surface area contributed by atoms with Crippen LogP contribution in [0.4, 0.5) is 0 Å². The van der Waals surface area contributed by atoms with E-state index >= 15 is 0 Å². The predicted molar refractivity (Wildman–Crippen MR) is 122 cm³/mol. The maximum absolute atomic E-state index is 5.28. The van der Waals surface area contributed by atoms with Gasteiger partial charge in [0, 0.05) is 5.39 Å². The van der Waals surface area contributed by atoms with Crippen molar-refractivity contribution in [2.45, 2.75) is 27.7 Å². The molecule has 0 aliphatic carbocycles. The second-order valence-electron chi connectivity index (χ2n) is 6.29. The van der Waals surface area contributed by atoms with Crippen LogP contribution < -0.4 is 9.47 Å². The normalized spacial score (nSPS) is 9.79. The van der Waals surface area contributed by atoms with E-state index in [4.69, 9.17) is 9.47 Å². The average molecular weight is 375 g/mol. The highest BCUT2D eigenvalue weighted by molar-refractivity contribution is 5.90. The van der Waals surface area contributed by atoms with Crippen LogP contribution in [-0.4, -0.2) is 14.2 Å². The number of hydrogen-bond acceptors (Lipinski definition) is 2. The van der Waals surface area contributed by atoms with Crippen molar-refractivity contribution in [3.05, 3.63) is 83.9 Å². The quantitative estimate of drug-likeness (QED) is 0.365. The van der Waals surface area contributed by atoms with E-state index in [9.17, 15) is 0 Å². The summed E-state index contributed by atoms with van der Waals surface area (Å²) in [6.07, 6.45) is 0. The molecule has 4 aromatic rings. The lowest BCUT2D eigenvalue weighted by Gasteiger charge is -2.06. The molecule has 4 rings (SSSR count). The van der Waals surface area contributed by atoms with E-state index in [0.717, 1.165) is 11.5 Å². The van der Waals surface area contributed by atoms with Gasteiger partial charge < -0.3 is 9.47 Å². The summed E-state index contributed by atoms with van der Waals surface area (Å²) in [6, 6.07) is 24.8. The van der Waals surface area contributed by atoms with Gasteiger partial charge in [0.25, 0.3) is 0 Å². The lowest BCUT2D eigenvalue weighted by atomic mass is 10.1. The molecular formula is C26H30O2. The monoisotopic (exact) mass is 374 g/mol. The Labute approximate surface area is 168 Å². The number of benzene rings is 4. The van der Waals surface area contributed by atoms with Gasteiger partial charge in [0.15, 0.2) is 0 Å². The van der Waals surface area contributed by atoms with Crippen LogP contribution in [0.15, 0.2) is 72.8 Å². The van der Waals surface area contributed by atoms with Gasteiger partial charge in [0.1, 0.15) is 11.5 Å². The van der Waals surface area contributed by atoms with Crippen LogP contribution in [0.25, 0.3) is 21.5 Å². The van der Waals surface area contributed by atoms with E-state index in [2.05, 4.69) is 68.4 Å². The highest BCUT2D eigenvalue weighted by Crippen LogP contribution is 2.27. The van der Waals surface area contributed by atoms with Crippen LogP contribution in [0.3, 0.4) is 0 Å². The fourth-order valence-corrected chi connectivity index (χ4v) is 3.15. The molecule has 0 unspecified atom stereocenters. The van der Waals surface area contributed by atoms with E-state index in [1.54, 1.807) is 14.2 Å². The Morgan fingerprint density at radius 1 is 0.571 bits per heavy atom. The molecule has 2 nitrogen and oxygen atoms in total. The summed E-state index contributed by atoms with van der Waals surface area (Å²) in [4.78, 5) is 0. The van der Waals surface area contributed by atoms with Crippen LogP contribution in [-0.2, 0) is 0 Å². The van der Waals surface area contributed by atoms with Gasteiger partial charge in [-0.3, -0.25) is 0 Å². The largest absolute Gasteiger partial charge is 0.497 e. The topological polar surface area (TPSA) is 18.5 Å². The van der Waals surface area contributed by atoms with Gasteiger partial charge >= 0.3 is 0 Å². The van der Waals surface area contributed by atoms with E-state index in [0.29, 0.717) is 0 Å². The van der Waals surface area contributed by atoms with Gasteiger partial charge in [0.05, 0.1) is 14.2 Å². The fraction of sp³-hybridized carbons (Fsp3) is 0.231. The summed E-state index contributed by atoms with van der Waals surface area (Å²) >= 11 is 0. The molecule has 0 N–H and O–H groups in total. The Kier molecular flexibility index (Phi) is 7.88. The third-order valence-electron chi connectivity index (χ3n) is 4.63. The Hall–Kier alpha value is -3.00. The molecule has 0 radical (unpaired) electrons. The number of methoxy groups -OCH3 is 2. The van der Waals surface area contributed by atoms with Gasteiger partial charge in [0.2, 0.25) is 0 Å². The summed E-state index contributed by atoms with van der Waals surface area (Å²) in [6.45, 7) is 8.23. The van der Waals surface area contributed by atoms with Gasteiger partial charge in [-0.25, -0.2) is 0 Å². The highest BCUT2D eigenvalue weighted by atomic mass is 16.5. The smallest absolute Gasteiger partial charge is 0.126 e. The first-order chi connectivity index (χ1) is 13.6. The number of rotatable bonds is 2. The van der Waals surface area contributed by atoms with Crippen LogP contribution in [0, 0.1) is 13.8 Å². The second-order valence-corrected chi connectivity index (χ2v) is 6.29. The van der Waals surface area contributed by atoms with Gasteiger partial charge in [-0.15, -0.1) is 0 Å². The highest BCUT2D eigenvalue weighted by Gasteiger charge is 2.01. The average Bonchev–Trinajstić information content (AvgIpc) is 2.76. The molecule has 0 bridgehead atoms. The molecule has 4 aromatic carbocycles. The molecule has 0 aromatic heterocycles. The minimum absolute atomic E-state index is 0.918. The Morgan fingerprint density at radius 3 is 1.86 bits per heavy atom. The lowest BCUT2D eigenvalue weighted by Crippen LogP contribution is -1.85. The molecule has 0 heterocycles. The zero-order chi connectivity index (χ0) is 20.5. The molecular weight excluding hydrogens is 344 g/mol. The Balaban J connectivity index is 0.000000184. The molecule has 0 spiro atoms. The lowest BCUT2D eigenvalue weighted by molar-refractivity contribution is 0.415. The van der Waals surface area contributed by atoms with Crippen LogP contribution >= 0.6 is 0 Å². The standard InChI is InChI=1S/2C12H12O.C2H6/c1-9-5-3-7-11-10(9)6-4-8-12(11)13-2;1-9-4-3-5-10-6-7-11(13-2)8-12(9)10;1-2/h2*3-8H,1-2H3;1-2H3. The minimum atomic E-state index is 0.918. The molecule has 0 saturated heterocycles. The summed E-state index contributed by atoms with van der Waals surface area (Å²) in [5.74, 6) is 1.86. The molecule has 0 aliphatic rings. The zero-order valence-electron chi connectivity index (χ0n) is 17.7. The van der Waals surface area contributed by atoms with Gasteiger partial charge in [-0.2, -0.15) is 0 Å². The SMILES string of the molecule is CC.COc1ccc2cccc(C)c2c1.COc1cccc2c(C)cccc12.